The highest BCUT2D eigenvalue weighted by molar-refractivity contribution is 5.98. The van der Waals surface area contributed by atoms with E-state index in [-0.39, 0.29) is 11.9 Å². The van der Waals surface area contributed by atoms with E-state index < -0.39 is 0 Å². The summed E-state index contributed by atoms with van der Waals surface area (Å²) in [6.07, 6.45) is 0.775. The Labute approximate surface area is 124 Å². The van der Waals surface area contributed by atoms with Crippen molar-refractivity contribution < 1.29 is 9.53 Å². The molecule has 2 aromatic rings. The lowest BCUT2D eigenvalue weighted by atomic mass is 10.1. The highest BCUT2D eigenvalue weighted by atomic mass is 16.5. The van der Waals surface area contributed by atoms with E-state index in [1.807, 2.05) is 37.3 Å². The number of hydrogen-bond donors (Lipinski definition) is 2. The minimum Gasteiger partial charge on any atom is -0.496 e. The first-order chi connectivity index (χ1) is 10.1. The molecular weight excluding hydrogens is 264 g/mol. The number of nitrogen functional groups attached to an aromatic ring is 1. The normalized spacial score (nSPS) is 11.7. The van der Waals surface area contributed by atoms with Crippen molar-refractivity contribution in [2.75, 3.05) is 12.8 Å². The molecular formula is C17H20N2O2. The van der Waals surface area contributed by atoms with Gasteiger partial charge in [0.25, 0.3) is 5.91 Å². The number of carbonyl (C=O) groups is 1. The van der Waals surface area contributed by atoms with Crippen molar-refractivity contribution in [2.24, 2.45) is 0 Å². The molecule has 110 valence electrons. The number of nitrogens with two attached hydrogens (primary N) is 1. The number of rotatable bonds is 5. The van der Waals surface area contributed by atoms with Crippen LogP contribution in [0.15, 0.2) is 48.5 Å². The van der Waals surface area contributed by atoms with Gasteiger partial charge in [0.2, 0.25) is 0 Å². The molecule has 0 bridgehead atoms. The molecule has 1 atom stereocenters. The predicted molar refractivity (Wildman–Crippen MR) is 84.5 cm³/mol. The van der Waals surface area contributed by atoms with Crippen LogP contribution in [0.2, 0.25) is 0 Å². The van der Waals surface area contributed by atoms with Crippen LogP contribution >= 0.6 is 0 Å². The molecule has 0 saturated carbocycles. The second-order valence-corrected chi connectivity index (χ2v) is 5.02. The SMILES string of the molecule is COc1ccc(N)cc1C(=O)NC(C)Cc1ccccc1. The number of benzene rings is 2. The van der Waals surface area contributed by atoms with Crippen LogP contribution in [-0.4, -0.2) is 19.1 Å². The lowest BCUT2D eigenvalue weighted by Gasteiger charge is -2.15. The number of carbonyl (C=O) groups excluding carboxylic acids is 1. The van der Waals surface area contributed by atoms with E-state index >= 15 is 0 Å². The van der Waals surface area contributed by atoms with Gasteiger partial charge < -0.3 is 15.8 Å². The minimum absolute atomic E-state index is 0.0195. The maximum Gasteiger partial charge on any atom is 0.255 e. The van der Waals surface area contributed by atoms with Gasteiger partial charge in [-0.05, 0) is 37.1 Å². The smallest absolute Gasteiger partial charge is 0.255 e. The Morgan fingerprint density at radius 3 is 2.62 bits per heavy atom. The van der Waals surface area contributed by atoms with Gasteiger partial charge in [-0.1, -0.05) is 30.3 Å². The van der Waals surface area contributed by atoms with Crippen molar-refractivity contribution >= 4 is 11.6 Å². The predicted octanol–water partition coefficient (Wildman–Crippen LogP) is 2.64. The van der Waals surface area contributed by atoms with Gasteiger partial charge in [0, 0.05) is 11.7 Å². The molecule has 21 heavy (non-hydrogen) atoms. The first-order valence-electron chi connectivity index (χ1n) is 6.88. The molecule has 2 rings (SSSR count). The average molecular weight is 284 g/mol. The first kappa shape index (κ1) is 14.9. The highest BCUT2D eigenvalue weighted by Crippen LogP contribution is 2.21. The Bertz CT molecular complexity index is 611. The zero-order valence-electron chi connectivity index (χ0n) is 12.3. The summed E-state index contributed by atoms with van der Waals surface area (Å²) in [4.78, 5) is 12.3. The fourth-order valence-electron chi connectivity index (χ4n) is 2.22. The standard InChI is InChI=1S/C17H20N2O2/c1-12(10-13-6-4-3-5-7-13)19-17(20)15-11-14(18)8-9-16(15)21-2/h3-9,11-12H,10,18H2,1-2H3,(H,19,20). The molecule has 0 fully saturated rings. The number of amides is 1. The molecule has 1 amide bonds. The Kier molecular flexibility index (Phi) is 4.82. The lowest BCUT2D eigenvalue weighted by molar-refractivity contribution is 0.0937. The van der Waals surface area contributed by atoms with Crippen molar-refractivity contribution in [2.45, 2.75) is 19.4 Å². The molecule has 2 aromatic carbocycles. The summed E-state index contributed by atoms with van der Waals surface area (Å²) in [6.45, 7) is 1.98. The van der Waals surface area contributed by atoms with Crippen LogP contribution in [0, 0.1) is 0 Å². The quantitative estimate of drug-likeness (QED) is 0.830. The number of nitrogens with one attached hydrogen (secondary N) is 1. The molecule has 0 heterocycles. The van der Waals surface area contributed by atoms with E-state index in [1.165, 1.54) is 12.7 Å². The van der Waals surface area contributed by atoms with Crippen LogP contribution in [0.3, 0.4) is 0 Å². The van der Waals surface area contributed by atoms with Crippen molar-refractivity contribution in [1.29, 1.82) is 0 Å². The lowest BCUT2D eigenvalue weighted by Crippen LogP contribution is -2.34. The summed E-state index contributed by atoms with van der Waals surface area (Å²) in [5.74, 6) is 0.344. The maximum absolute atomic E-state index is 12.3. The molecule has 0 saturated heterocycles. The second kappa shape index (κ2) is 6.79. The van der Waals surface area contributed by atoms with Gasteiger partial charge in [0.1, 0.15) is 5.75 Å². The van der Waals surface area contributed by atoms with E-state index in [0.29, 0.717) is 17.0 Å². The molecule has 0 spiro atoms. The third-order valence-electron chi connectivity index (χ3n) is 3.23. The molecule has 0 radical (unpaired) electrons. The molecule has 1 unspecified atom stereocenters. The maximum atomic E-state index is 12.3. The molecule has 0 aromatic heterocycles. The molecule has 0 aliphatic carbocycles. The van der Waals surface area contributed by atoms with Crippen molar-refractivity contribution in [3.8, 4) is 5.75 Å². The van der Waals surface area contributed by atoms with Crippen molar-refractivity contribution in [3.05, 3.63) is 59.7 Å². The van der Waals surface area contributed by atoms with E-state index in [2.05, 4.69) is 5.32 Å². The minimum atomic E-state index is -0.178. The van der Waals surface area contributed by atoms with E-state index in [9.17, 15) is 4.79 Å². The van der Waals surface area contributed by atoms with Crippen LogP contribution in [-0.2, 0) is 6.42 Å². The summed E-state index contributed by atoms with van der Waals surface area (Å²) in [7, 11) is 1.54. The fraction of sp³-hybridized carbons (Fsp3) is 0.235. The molecule has 4 nitrogen and oxygen atoms in total. The zero-order valence-corrected chi connectivity index (χ0v) is 12.3. The highest BCUT2D eigenvalue weighted by Gasteiger charge is 2.15. The van der Waals surface area contributed by atoms with E-state index in [0.717, 1.165) is 6.42 Å². The third kappa shape index (κ3) is 3.99. The fourth-order valence-corrected chi connectivity index (χ4v) is 2.22. The first-order valence-corrected chi connectivity index (χ1v) is 6.88. The monoisotopic (exact) mass is 284 g/mol. The summed E-state index contributed by atoms with van der Waals surface area (Å²) in [5, 5.41) is 2.97. The second-order valence-electron chi connectivity index (χ2n) is 5.02. The average Bonchev–Trinajstić information content (AvgIpc) is 2.48. The summed E-state index contributed by atoms with van der Waals surface area (Å²) < 4.78 is 5.20. The molecule has 0 aliphatic heterocycles. The van der Waals surface area contributed by atoms with Gasteiger partial charge in [-0.2, -0.15) is 0 Å². The largest absolute Gasteiger partial charge is 0.496 e. The number of anilines is 1. The zero-order chi connectivity index (χ0) is 15.2. The number of hydrogen-bond acceptors (Lipinski definition) is 3. The Morgan fingerprint density at radius 1 is 1.24 bits per heavy atom. The van der Waals surface area contributed by atoms with Crippen LogP contribution < -0.4 is 15.8 Å². The Hall–Kier alpha value is -2.49. The van der Waals surface area contributed by atoms with Crippen LogP contribution in [0.25, 0.3) is 0 Å². The van der Waals surface area contributed by atoms with Gasteiger partial charge in [-0.15, -0.1) is 0 Å². The number of ether oxygens (including phenoxy) is 1. The topological polar surface area (TPSA) is 64.3 Å². The summed E-state index contributed by atoms with van der Waals surface area (Å²) in [5.41, 5.74) is 7.92. The van der Waals surface area contributed by atoms with Crippen molar-refractivity contribution in [3.63, 3.8) is 0 Å². The van der Waals surface area contributed by atoms with E-state index in [1.54, 1.807) is 18.2 Å². The van der Waals surface area contributed by atoms with Gasteiger partial charge in [0.15, 0.2) is 0 Å². The third-order valence-corrected chi connectivity index (χ3v) is 3.23. The molecule has 0 aliphatic rings. The van der Waals surface area contributed by atoms with Crippen molar-refractivity contribution in [1.82, 2.24) is 5.32 Å². The number of methoxy groups -OCH3 is 1. The van der Waals surface area contributed by atoms with Crippen LogP contribution in [0.5, 0.6) is 5.75 Å². The summed E-state index contributed by atoms with van der Waals surface area (Å²) in [6, 6.07) is 15.1. The van der Waals surface area contributed by atoms with E-state index in [4.69, 9.17) is 10.5 Å². The van der Waals surface area contributed by atoms with Gasteiger partial charge in [0.05, 0.1) is 12.7 Å². The van der Waals surface area contributed by atoms with Gasteiger partial charge in [-0.25, -0.2) is 0 Å². The molecule has 3 N–H and O–H groups in total. The van der Waals surface area contributed by atoms with Gasteiger partial charge in [-0.3, -0.25) is 4.79 Å². The van der Waals surface area contributed by atoms with Crippen LogP contribution in [0.1, 0.15) is 22.8 Å². The van der Waals surface area contributed by atoms with Crippen LogP contribution in [0.4, 0.5) is 5.69 Å². The Balaban J connectivity index is 2.06. The van der Waals surface area contributed by atoms with Gasteiger partial charge >= 0.3 is 0 Å². The summed E-state index contributed by atoms with van der Waals surface area (Å²) >= 11 is 0. The molecule has 4 heteroatoms. The Morgan fingerprint density at radius 2 is 1.95 bits per heavy atom.